The first kappa shape index (κ1) is 21.2. The van der Waals surface area contributed by atoms with E-state index >= 15 is 0 Å². The fourth-order valence-corrected chi connectivity index (χ4v) is 7.24. The number of hydrogen-bond donors (Lipinski definition) is 2. The highest BCUT2D eigenvalue weighted by Gasteiger charge is 2.82. The van der Waals surface area contributed by atoms with Gasteiger partial charge in [-0.25, -0.2) is 4.79 Å². The van der Waals surface area contributed by atoms with E-state index in [-0.39, 0.29) is 18.4 Å². The van der Waals surface area contributed by atoms with Gasteiger partial charge in [-0.1, -0.05) is 19.9 Å². The van der Waals surface area contributed by atoms with Gasteiger partial charge in [0.05, 0.1) is 12.7 Å². The number of aliphatic hydroxyl groups excluding tert-OH is 1. The van der Waals surface area contributed by atoms with E-state index in [2.05, 4.69) is 6.92 Å². The predicted octanol–water partition coefficient (Wildman–Crippen LogP) is 2.20. The summed E-state index contributed by atoms with van der Waals surface area (Å²) < 4.78 is 18.6. The first-order valence-corrected chi connectivity index (χ1v) is 11.3. The number of fused-ring (bicyclic) bond motifs is 1. The number of ether oxygens (including phenoxy) is 3. The standard InChI is InChI=1S/C24H32O7/c1-6-12(2)19(26)30-18-17-14(4)15-9-22(11-25)20(27)29-16-8-7-13(3)21(18,5)23(16,28)10-24(17,22)31-15/h6,13,15-16,18,25,28H,7-11H2,1-5H3/b12-6-/t13-,15+,16-,18+,21-,22-,23+,24+/m0/s1. The topological polar surface area (TPSA) is 102 Å². The van der Waals surface area contributed by atoms with E-state index in [1.807, 2.05) is 13.8 Å². The molecule has 170 valence electrons. The summed E-state index contributed by atoms with van der Waals surface area (Å²) in [6.45, 7) is 9.00. The molecule has 3 heterocycles. The van der Waals surface area contributed by atoms with Crippen molar-refractivity contribution in [2.45, 2.75) is 89.8 Å². The van der Waals surface area contributed by atoms with Crippen LogP contribution in [-0.2, 0) is 23.8 Å². The minimum absolute atomic E-state index is 0.00886. The van der Waals surface area contributed by atoms with Gasteiger partial charge < -0.3 is 24.4 Å². The molecule has 0 aromatic carbocycles. The molecule has 2 saturated heterocycles. The molecule has 3 bridgehead atoms. The predicted molar refractivity (Wildman–Crippen MR) is 110 cm³/mol. The summed E-state index contributed by atoms with van der Waals surface area (Å²) in [4.78, 5) is 26.4. The number of aliphatic hydroxyl groups is 2. The zero-order valence-corrected chi connectivity index (χ0v) is 18.9. The Morgan fingerprint density at radius 3 is 2.71 bits per heavy atom. The molecule has 2 aliphatic carbocycles. The maximum atomic E-state index is 13.5. The van der Waals surface area contributed by atoms with E-state index in [1.165, 1.54) is 0 Å². The Morgan fingerprint density at radius 1 is 1.35 bits per heavy atom. The highest BCUT2D eigenvalue weighted by Crippen LogP contribution is 2.72. The molecule has 7 heteroatoms. The molecule has 4 fully saturated rings. The van der Waals surface area contributed by atoms with Crippen molar-refractivity contribution in [1.82, 2.24) is 0 Å². The molecule has 5 aliphatic rings. The molecule has 3 aliphatic heterocycles. The molecule has 5 rings (SSSR count). The van der Waals surface area contributed by atoms with Crippen molar-refractivity contribution in [3.63, 3.8) is 0 Å². The summed E-state index contributed by atoms with van der Waals surface area (Å²) >= 11 is 0. The summed E-state index contributed by atoms with van der Waals surface area (Å²) in [5.74, 6) is -0.960. The lowest BCUT2D eigenvalue weighted by Gasteiger charge is -2.63. The molecule has 31 heavy (non-hydrogen) atoms. The first-order valence-electron chi connectivity index (χ1n) is 11.3. The van der Waals surface area contributed by atoms with Gasteiger partial charge >= 0.3 is 11.9 Å². The van der Waals surface area contributed by atoms with E-state index in [9.17, 15) is 19.8 Å². The summed E-state index contributed by atoms with van der Waals surface area (Å²) in [6, 6.07) is 0. The second kappa shape index (κ2) is 6.21. The largest absolute Gasteiger partial charge is 0.459 e. The van der Waals surface area contributed by atoms with E-state index < -0.39 is 52.8 Å². The van der Waals surface area contributed by atoms with Crippen LogP contribution in [0.4, 0.5) is 0 Å². The van der Waals surface area contributed by atoms with Crippen LogP contribution in [0.15, 0.2) is 22.8 Å². The smallest absolute Gasteiger partial charge is 0.333 e. The minimum atomic E-state index is -1.45. The minimum Gasteiger partial charge on any atom is -0.459 e. The van der Waals surface area contributed by atoms with Crippen molar-refractivity contribution in [3.05, 3.63) is 22.8 Å². The zero-order chi connectivity index (χ0) is 22.6. The Morgan fingerprint density at radius 2 is 2.06 bits per heavy atom. The molecule has 0 aromatic rings. The van der Waals surface area contributed by atoms with Crippen molar-refractivity contribution in [3.8, 4) is 0 Å². The third kappa shape index (κ3) is 2.11. The van der Waals surface area contributed by atoms with E-state index in [4.69, 9.17) is 14.2 Å². The van der Waals surface area contributed by atoms with Crippen molar-refractivity contribution in [1.29, 1.82) is 0 Å². The van der Waals surface area contributed by atoms with Crippen LogP contribution < -0.4 is 0 Å². The van der Waals surface area contributed by atoms with Crippen molar-refractivity contribution in [2.24, 2.45) is 16.7 Å². The van der Waals surface area contributed by atoms with Gasteiger partial charge in [0.1, 0.15) is 28.8 Å². The maximum Gasteiger partial charge on any atom is 0.333 e. The van der Waals surface area contributed by atoms with Gasteiger partial charge in [0.15, 0.2) is 0 Å². The van der Waals surface area contributed by atoms with E-state index in [0.717, 1.165) is 17.6 Å². The fraction of sp³-hybridized carbons (Fsp3) is 0.750. The van der Waals surface area contributed by atoms with Crippen LogP contribution in [0.1, 0.15) is 60.3 Å². The van der Waals surface area contributed by atoms with Crippen LogP contribution in [0.5, 0.6) is 0 Å². The summed E-state index contributed by atoms with van der Waals surface area (Å²) in [5.41, 5.74) is -2.70. The van der Waals surface area contributed by atoms with Gasteiger partial charge in [-0.2, -0.15) is 0 Å². The van der Waals surface area contributed by atoms with Gasteiger partial charge in [-0.05, 0) is 51.5 Å². The fourth-order valence-electron chi connectivity index (χ4n) is 7.24. The normalized spacial score (nSPS) is 50.3. The molecule has 1 spiro atoms. The van der Waals surface area contributed by atoms with Gasteiger partial charge in [0, 0.05) is 23.0 Å². The first-order chi connectivity index (χ1) is 14.5. The van der Waals surface area contributed by atoms with Crippen molar-refractivity contribution in [2.75, 3.05) is 6.61 Å². The summed E-state index contributed by atoms with van der Waals surface area (Å²) in [7, 11) is 0. The van der Waals surface area contributed by atoms with Crippen LogP contribution in [0, 0.1) is 16.7 Å². The molecule has 2 N–H and O–H groups in total. The molecule has 0 radical (unpaired) electrons. The van der Waals surface area contributed by atoms with Crippen LogP contribution in [0.25, 0.3) is 0 Å². The molecule has 7 nitrogen and oxygen atoms in total. The van der Waals surface area contributed by atoms with Crippen molar-refractivity contribution < 1.29 is 34.0 Å². The molecule has 0 unspecified atom stereocenters. The number of allylic oxidation sites excluding steroid dienone is 1. The lowest BCUT2D eigenvalue weighted by molar-refractivity contribution is -0.263. The average molecular weight is 433 g/mol. The monoisotopic (exact) mass is 432 g/mol. The van der Waals surface area contributed by atoms with Gasteiger partial charge in [0.2, 0.25) is 0 Å². The molecule has 0 amide bonds. The second-order valence-corrected chi connectivity index (χ2v) is 10.5. The third-order valence-electron chi connectivity index (χ3n) is 9.56. The number of hydrogen-bond acceptors (Lipinski definition) is 7. The lowest BCUT2D eigenvalue weighted by Crippen LogP contribution is -2.73. The van der Waals surface area contributed by atoms with Crippen LogP contribution >= 0.6 is 0 Å². The number of rotatable bonds is 3. The third-order valence-corrected chi connectivity index (χ3v) is 9.56. The molecular weight excluding hydrogens is 400 g/mol. The lowest BCUT2D eigenvalue weighted by atomic mass is 9.44. The number of carbonyl (C=O) groups excluding carboxylic acids is 2. The Balaban J connectivity index is 1.79. The molecular formula is C24H32O7. The van der Waals surface area contributed by atoms with Crippen molar-refractivity contribution >= 4 is 11.9 Å². The Hall–Kier alpha value is -1.70. The van der Waals surface area contributed by atoms with Gasteiger partial charge in [0.25, 0.3) is 0 Å². The van der Waals surface area contributed by atoms with E-state index in [0.29, 0.717) is 18.4 Å². The van der Waals surface area contributed by atoms with Crippen LogP contribution in [0.3, 0.4) is 0 Å². The highest BCUT2D eigenvalue weighted by atomic mass is 16.6. The summed E-state index contributed by atoms with van der Waals surface area (Å²) in [5, 5.41) is 22.8. The quantitative estimate of drug-likeness (QED) is 0.400. The number of esters is 2. The Kier molecular flexibility index (Phi) is 4.24. The maximum absolute atomic E-state index is 13.5. The zero-order valence-electron chi connectivity index (χ0n) is 18.9. The van der Waals surface area contributed by atoms with E-state index in [1.54, 1.807) is 19.9 Å². The molecule has 8 atom stereocenters. The molecule has 0 aromatic heterocycles. The van der Waals surface area contributed by atoms with Crippen LogP contribution in [-0.4, -0.2) is 58.3 Å². The Bertz CT molecular complexity index is 936. The Labute approximate surface area is 182 Å². The SMILES string of the molecule is C/C=C(/C)C(=O)O[C@@H]1C2=C(C)[C@H]3C[C@]4(CO)C(=O)O[C@H]5CC[C@H](C)[C@]1(C)[C@@]5(O)C[C@@]24O3. The molecule has 2 saturated carbocycles. The number of carbonyl (C=O) groups is 2. The van der Waals surface area contributed by atoms with Gasteiger partial charge in [-0.15, -0.1) is 0 Å². The van der Waals surface area contributed by atoms with Gasteiger partial charge in [-0.3, -0.25) is 4.79 Å². The van der Waals surface area contributed by atoms with Crippen LogP contribution in [0.2, 0.25) is 0 Å². The highest BCUT2D eigenvalue weighted by molar-refractivity contribution is 5.88. The summed E-state index contributed by atoms with van der Waals surface area (Å²) in [6.07, 6.45) is 1.51. The second-order valence-electron chi connectivity index (χ2n) is 10.5. The average Bonchev–Trinajstić information content (AvgIpc) is 3.18.